The zero-order valence-corrected chi connectivity index (χ0v) is 16.4. The second-order valence-electron chi connectivity index (χ2n) is 8.14. The molecule has 4 heterocycles. The number of carbonyl (C=O) groups is 2. The van der Waals surface area contributed by atoms with Crippen molar-refractivity contribution >= 4 is 11.8 Å². The van der Waals surface area contributed by atoms with Crippen molar-refractivity contribution in [2.24, 2.45) is 5.41 Å². The summed E-state index contributed by atoms with van der Waals surface area (Å²) in [6.45, 7) is 6.31. The maximum absolute atomic E-state index is 12.8. The monoisotopic (exact) mass is 382 g/mol. The Morgan fingerprint density at radius 2 is 2.00 bits per heavy atom. The summed E-state index contributed by atoms with van der Waals surface area (Å²) in [5.41, 5.74) is 2.48. The number of amides is 2. The Labute approximate surface area is 164 Å². The minimum absolute atomic E-state index is 0.0540. The molecule has 0 radical (unpaired) electrons. The zero-order chi connectivity index (χ0) is 19.7. The van der Waals surface area contributed by atoms with Gasteiger partial charge in [-0.2, -0.15) is 0 Å². The zero-order valence-electron chi connectivity index (χ0n) is 16.4. The van der Waals surface area contributed by atoms with Crippen LogP contribution in [0, 0.1) is 19.3 Å². The van der Waals surface area contributed by atoms with Crippen molar-refractivity contribution in [1.82, 2.24) is 29.7 Å². The van der Waals surface area contributed by atoms with Gasteiger partial charge in [-0.3, -0.25) is 19.6 Å². The predicted octanol–water partition coefficient (Wildman–Crippen LogP) is 1.86. The molecule has 2 fully saturated rings. The Morgan fingerprint density at radius 1 is 1.14 bits per heavy atom. The van der Waals surface area contributed by atoms with Crippen molar-refractivity contribution in [2.45, 2.75) is 46.1 Å². The summed E-state index contributed by atoms with van der Waals surface area (Å²) in [5, 5.41) is 0. The van der Waals surface area contributed by atoms with E-state index in [1.165, 1.54) is 0 Å². The van der Waals surface area contributed by atoms with Gasteiger partial charge in [-0.1, -0.05) is 0 Å². The van der Waals surface area contributed by atoms with Crippen LogP contribution in [-0.2, 0) is 11.3 Å². The molecule has 2 amide bonds. The van der Waals surface area contributed by atoms with E-state index in [9.17, 15) is 9.59 Å². The van der Waals surface area contributed by atoms with E-state index in [2.05, 4.69) is 19.9 Å². The highest BCUT2D eigenvalue weighted by Gasteiger charge is 2.43. The van der Waals surface area contributed by atoms with Crippen molar-refractivity contribution in [3.05, 3.63) is 41.5 Å². The minimum Gasteiger partial charge on any atom is -0.338 e. The van der Waals surface area contributed by atoms with E-state index in [1.807, 2.05) is 23.6 Å². The maximum atomic E-state index is 12.8. The van der Waals surface area contributed by atoms with Crippen LogP contribution in [0.15, 0.2) is 18.6 Å². The molecule has 0 aromatic carbocycles. The predicted molar refractivity (Wildman–Crippen MR) is 102 cm³/mol. The molecule has 1 atom stereocenters. The number of likely N-dealkylation sites (tertiary alicyclic amines) is 2. The molecular weight excluding hydrogens is 356 g/mol. The lowest BCUT2D eigenvalue weighted by Gasteiger charge is -2.48. The molecule has 1 spiro atoms. The normalized spacial score (nSPS) is 22.7. The third-order valence-electron chi connectivity index (χ3n) is 5.79. The van der Waals surface area contributed by atoms with Gasteiger partial charge >= 0.3 is 0 Å². The molecule has 0 aliphatic carbocycles. The molecule has 8 heteroatoms. The van der Waals surface area contributed by atoms with Crippen molar-refractivity contribution in [3.8, 4) is 0 Å². The van der Waals surface area contributed by atoms with E-state index in [0.29, 0.717) is 31.9 Å². The Kier molecular flexibility index (Phi) is 4.87. The van der Waals surface area contributed by atoms with Crippen molar-refractivity contribution < 1.29 is 9.59 Å². The third kappa shape index (κ3) is 3.76. The number of aromatic amines is 1. The van der Waals surface area contributed by atoms with Crippen LogP contribution in [0.1, 0.15) is 53.4 Å². The lowest BCUT2D eigenvalue weighted by molar-refractivity contribution is -0.139. The van der Waals surface area contributed by atoms with Crippen molar-refractivity contribution in [1.29, 1.82) is 0 Å². The first-order valence-electron chi connectivity index (χ1n) is 9.80. The first kappa shape index (κ1) is 18.6. The van der Waals surface area contributed by atoms with Gasteiger partial charge in [-0.25, -0.2) is 4.98 Å². The number of carbonyl (C=O) groups excluding carboxylic acids is 2. The molecule has 8 nitrogen and oxygen atoms in total. The van der Waals surface area contributed by atoms with Gasteiger partial charge in [-0.05, 0) is 33.1 Å². The quantitative estimate of drug-likeness (QED) is 0.874. The molecule has 0 bridgehead atoms. The van der Waals surface area contributed by atoms with Gasteiger partial charge in [0, 0.05) is 49.6 Å². The van der Waals surface area contributed by atoms with E-state index < -0.39 is 0 Å². The van der Waals surface area contributed by atoms with E-state index >= 15 is 0 Å². The summed E-state index contributed by atoms with van der Waals surface area (Å²) in [5.74, 6) is 0.492. The van der Waals surface area contributed by atoms with E-state index in [-0.39, 0.29) is 17.2 Å². The van der Waals surface area contributed by atoms with E-state index in [4.69, 9.17) is 0 Å². The van der Waals surface area contributed by atoms with Gasteiger partial charge in [0.25, 0.3) is 5.91 Å². The maximum Gasteiger partial charge on any atom is 0.289 e. The lowest BCUT2D eigenvalue weighted by atomic mass is 9.73. The molecule has 28 heavy (non-hydrogen) atoms. The fraction of sp³-hybridized carbons (Fsp3) is 0.550. The first-order chi connectivity index (χ1) is 13.4. The Balaban J connectivity index is 1.47. The smallest absolute Gasteiger partial charge is 0.289 e. The van der Waals surface area contributed by atoms with E-state index in [1.54, 1.807) is 18.6 Å². The number of hydrogen-bond donors (Lipinski definition) is 1. The average molecular weight is 382 g/mol. The number of hydrogen-bond acceptors (Lipinski definition) is 5. The van der Waals surface area contributed by atoms with Gasteiger partial charge in [0.15, 0.2) is 5.82 Å². The number of aryl methyl sites for hydroxylation is 2. The number of H-pyrrole nitrogens is 1. The molecule has 2 aliphatic rings. The van der Waals surface area contributed by atoms with Crippen LogP contribution in [0.2, 0.25) is 0 Å². The molecule has 2 aromatic rings. The number of nitrogens with one attached hydrogen (secondary N) is 1. The summed E-state index contributed by atoms with van der Waals surface area (Å²) in [6.07, 6.45) is 8.45. The summed E-state index contributed by atoms with van der Waals surface area (Å²) in [7, 11) is 0. The number of imidazole rings is 1. The summed E-state index contributed by atoms with van der Waals surface area (Å²) in [6, 6.07) is 0. The van der Waals surface area contributed by atoms with Crippen molar-refractivity contribution in [3.63, 3.8) is 0 Å². The highest BCUT2D eigenvalue weighted by Crippen LogP contribution is 2.39. The van der Waals surface area contributed by atoms with Gasteiger partial charge in [-0.15, -0.1) is 0 Å². The fourth-order valence-corrected chi connectivity index (χ4v) is 4.33. The number of aromatic nitrogens is 4. The third-order valence-corrected chi connectivity index (χ3v) is 5.79. The Hall–Kier alpha value is -2.77. The lowest BCUT2D eigenvalue weighted by Crippen LogP contribution is -2.55. The van der Waals surface area contributed by atoms with Crippen molar-refractivity contribution in [2.75, 3.05) is 19.6 Å². The van der Waals surface area contributed by atoms with Gasteiger partial charge < -0.3 is 14.8 Å². The molecule has 1 N–H and O–H groups in total. The van der Waals surface area contributed by atoms with Crippen LogP contribution in [-0.4, -0.2) is 61.2 Å². The largest absolute Gasteiger partial charge is 0.338 e. The van der Waals surface area contributed by atoms with Crippen LogP contribution in [0.3, 0.4) is 0 Å². The molecular formula is C20H26N6O2. The number of piperidine rings is 2. The fourth-order valence-electron chi connectivity index (χ4n) is 4.33. The Bertz CT molecular complexity index is 877. The molecule has 2 aromatic heterocycles. The summed E-state index contributed by atoms with van der Waals surface area (Å²) < 4.78 is 0. The molecule has 1 unspecified atom stereocenters. The van der Waals surface area contributed by atoms with Crippen LogP contribution in [0.4, 0.5) is 0 Å². The molecule has 2 aliphatic heterocycles. The average Bonchev–Trinajstić information content (AvgIpc) is 3.13. The molecule has 4 rings (SSSR count). The van der Waals surface area contributed by atoms with Crippen LogP contribution in [0.25, 0.3) is 0 Å². The SMILES string of the molecule is Cc1cnc(CN2CC3(CCCN(C(=O)c4ncc(C)[nH]4)C3)CCC2=O)cn1. The highest BCUT2D eigenvalue weighted by molar-refractivity contribution is 5.90. The second kappa shape index (κ2) is 7.33. The molecule has 0 saturated carbocycles. The van der Waals surface area contributed by atoms with Crippen LogP contribution < -0.4 is 0 Å². The first-order valence-corrected chi connectivity index (χ1v) is 9.80. The van der Waals surface area contributed by atoms with Gasteiger partial charge in [0.1, 0.15) is 0 Å². The number of rotatable bonds is 3. The van der Waals surface area contributed by atoms with E-state index in [0.717, 1.165) is 42.9 Å². The standard InChI is InChI=1S/C20H26N6O2/c1-14-8-22-16(10-21-14)11-26-13-20(6-4-17(26)27)5-3-7-25(12-20)19(28)18-23-9-15(2)24-18/h8-10H,3-7,11-13H2,1-2H3,(H,23,24). The van der Waals surface area contributed by atoms with Gasteiger partial charge in [0.05, 0.1) is 24.1 Å². The minimum atomic E-state index is -0.0555. The summed E-state index contributed by atoms with van der Waals surface area (Å²) in [4.78, 5) is 45.0. The Morgan fingerprint density at radius 3 is 2.71 bits per heavy atom. The summed E-state index contributed by atoms with van der Waals surface area (Å²) >= 11 is 0. The number of nitrogens with zero attached hydrogens (tertiary/aromatic N) is 5. The van der Waals surface area contributed by atoms with Gasteiger partial charge in [0.2, 0.25) is 5.91 Å². The van der Waals surface area contributed by atoms with Crippen LogP contribution >= 0.6 is 0 Å². The van der Waals surface area contributed by atoms with Crippen LogP contribution in [0.5, 0.6) is 0 Å². The molecule has 2 saturated heterocycles. The highest BCUT2D eigenvalue weighted by atomic mass is 16.2. The topological polar surface area (TPSA) is 95.1 Å². The molecule has 148 valence electrons. The second-order valence-corrected chi connectivity index (χ2v) is 8.14.